The first-order valence-corrected chi connectivity index (χ1v) is 7.83. The van der Waals surface area contributed by atoms with Crippen molar-refractivity contribution >= 4 is 17.3 Å². The molecular formula is C17H17F3N2O5. The van der Waals surface area contributed by atoms with Crippen molar-refractivity contribution in [3.63, 3.8) is 0 Å². The smallest absolute Gasteiger partial charge is 0.378 e. The highest BCUT2D eigenvalue weighted by molar-refractivity contribution is 5.97. The maximum Gasteiger partial charge on any atom is 0.423 e. The predicted molar refractivity (Wildman–Crippen MR) is 89.9 cm³/mol. The molecule has 1 unspecified atom stereocenters. The second kappa shape index (κ2) is 7.89. The first-order chi connectivity index (χ1) is 12.5. The largest absolute Gasteiger partial charge is 0.423 e. The summed E-state index contributed by atoms with van der Waals surface area (Å²) in [4.78, 5) is 21.7. The molecule has 0 saturated heterocycles. The second-order valence-corrected chi connectivity index (χ2v) is 6.16. The van der Waals surface area contributed by atoms with Crippen molar-refractivity contribution in [2.24, 2.45) is 5.92 Å². The third-order valence-corrected chi connectivity index (χ3v) is 3.77. The van der Waals surface area contributed by atoms with Gasteiger partial charge in [0.25, 0.3) is 11.6 Å². The molecule has 146 valence electrons. The predicted octanol–water partition coefficient (Wildman–Crippen LogP) is 3.06. The average Bonchev–Trinajstić information content (AvgIpc) is 3.07. The summed E-state index contributed by atoms with van der Waals surface area (Å²) in [6, 6.07) is 2.04. The fourth-order valence-electron chi connectivity index (χ4n) is 2.31. The summed E-state index contributed by atoms with van der Waals surface area (Å²) >= 11 is 0. The van der Waals surface area contributed by atoms with Crippen LogP contribution in [0, 0.1) is 16.0 Å². The number of amides is 1. The number of hydrogen-bond acceptors (Lipinski definition) is 5. The van der Waals surface area contributed by atoms with Gasteiger partial charge in [0, 0.05) is 17.7 Å². The lowest BCUT2D eigenvalue weighted by Crippen LogP contribution is -2.44. The minimum atomic E-state index is -4.98. The van der Waals surface area contributed by atoms with Crippen LogP contribution in [-0.4, -0.2) is 34.8 Å². The van der Waals surface area contributed by atoms with Gasteiger partial charge < -0.3 is 15.2 Å². The van der Waals surface area contributed by atoms with Gasteiger partial charge in [-0.05, 0) is 19.1 Å². The summed E-state index contributed by atoms with van der Waals surface area (Å²) in [5.41, 5.74) is -4.97. The van der Waals surface area contributed by atoms with Gasteiger partial charge in [0.15, 0.2) is 5.60 Å². The third kappa shape index (κ3) is 5.38. The van der Waals surface area contributed by atoms with Crippen LogP contribution in [0.15, 0.2) is 42.5 Å². The monoisotopic (exact) mass is 386 g/mol. The van der Waals surface area contributed by atoms with E-state index in [0.29, 0.717) is 12.1 Å². The Bertz CT molecular complexity index is 775. The Morgan fingerprint density at radius 2 is 1.96 bits per heavy atom. The number of carbonyl (C=O) groups excluding carboxylic acids is 1. The third-order valence-electron chi connectivity index (χ3n) is 3.77. The number of hydrogen-bond donors (Lipinski definition) is 2. The summed E-state index contributed by atoms with van der Waals surface area (Å²) in [6.07, 6.45) is 2.41. The molecule has 0 saturated carbocycles. The topological polar surface area (TPSA) is 102 Å². The molecule has 1 aromatic rings. The van der Waals surface area contributed by atoms with E-state index in [1.54, 1.807) is 0 Å². The molecule has 1 atom stereocenters. The molecule has 1 amide bonds. The molecule has 0 radical (unpaired) electrons. The van der Waals surface area contributed by atoms with Gasteiger partial charge in [-0.15, -0.1) is 0 Å². The highest BCUT2D eigenvalue weighted by atomic mass is 19.4. The lowest BCUT2D eigenvalue weighted by molar-refractivity contribution is -0.388. The molecule has 0 bridgehead atoms. The molecule has 0 fully saturated rings. The van der Waals surface area contributed by atoms with Crippen LogP contribution in [0.1, 0.15) is 12.5 Å². The van der Waals surface area contributed by atoms with Gasteiger partial charge >= 0.3 is 6.18 Å². The molecular weight excluding hydrogens is 369 g/mol. The van der Waals surface area contributed by atoms with Crippen LogP contribution in [0.3, 0.4) is 0 Å². The SMILES string of the molecule is CC(O)(COCC1C=CC=C1)C(=O)Nc1ccc([N+](=O)[O-])c(C(F)(F)F)c1. The molecule has 1 aromatic carbocycles. The van der Waals surface area contributed by atoms with Crippen molar-refractivity contribution in [3.8, 4) is 0 Å². The number of halogens is 3. The van der Waals surface area contributed by atoms with E-state index in [4.69, 9.17) is 4.74 Å². The number of rotatable bonds is 7. The van der Waals surface area contributed by atoms with Crippen LogP contribution in [-0.2, 0) is 15.7 Å². The van der Waals surface area contributed by atoms with Gasteiger partial charge in [-0.25, -0.2) is 0 Å². The molecule has 2 rings (SSSR count). The fourth-order valence-corrected chi connectivity index (χ4v) is 2.31. The minimum absolute atomic E-state index is 0.0212. The number of carbonyl (C=O) groups is 1. The number of alkyl halides is 3. The molecule has 10 heteroatoms. The summed E-state index contributed by atoms with van der Waals surface area (Å²) in [7, 11) is 0. The zero-order valence-electron chi connectivity index (χ0n) is 14.2. The Labute approximate surface area is 152 Å². The number of nitrogens with one attached hydrogen (secondary N) is 1. The second-order valence-electron chi connectivity index (χ2n) is 6.16. The van der Waals surface area contributed by atoms with E-state index in [9.17, 15) is 33.2 Å². The molecule has 1 aliphatic rings. The molecule has 0 aliphatic heterocycles. The van der Waals surface area contributed by atoms with Gasteiger partial charge in [-0.2, -0.15) is 13.2 Å². The molecule has 0 spiro atoms. The van der Waals surface area contributed by atoms with Crippen molar-refractivity contribution in [1.29, 1.82) is 0 Å². The number of ether oxygens (including phenoxy) is 1. The Morgan fingerprint density at radius 1 is 1.33 bits per heavy atom. The lowest BCUT2D eigenvalue weighted by Gasteiger charge is -2.23. The van der Waals surface area contributed by atoms with Crippen LogP contribution >= 0.6 is 0 Å². The van der Waals surface area contributed by atoms with Crippen molar-refractivity contribution in [2.75, 3.05) is 18.5 Å². The maximum absolute atomic E-state index is 13.0. The summed E-state index contributed by atoms with van der Waals surface area (Å²) in [6.45, 7) is 1.00. The van der Waals surface area contributed by atoms with Gasteiger partial charge in [-0.3, -0.25) is 14.9 Å². The number of anilines is 1. The Kier molecular flexibility index (Phi) is 6.01. The number of nitro groups is 1. The first-order valence-electron chi connectivity index (χ1n) is 7.83. The standard InChI is InChI=1S/C17H17F3N2O5/c1-16(24,10-27-9-11-4-2-3-5-11)15(23)21-12-6-7-14(22(25)26)13(8-12)17(18,19)20/h2-8,11,24H,9-10H2,1H3,(H,21,23). The first kappa shape index (κ1) is 20.6. The molecule has 0 heterocycles. The molecule has 7 nitrogen and oxygen atoms in total. The summed E-state index contributed by atoms with van der Waals surface area (Å²) in [5, 5.41) is 23.0. The van der Waals surface area contributed by atoms with Crippen LogP contribution in [0.2, 0.25) is 0 Å². The fraction of sp³-hybridized carbons (Fsp3) is 0.353. The Balaban J connectivity index is 2.06. The van der Waals surface area contributed by atoms with Gasteiger partial charge in [0.05, 0.1) is 18.1 Å². The van der Waals surface area contributed by atoms with Crippen LogP contribution in [0.4, 0.5) is 24.5 Å². The highest BCUT2D eigenvalue weighted by Crippen LogP contribution is 2.37. The normalized spacial score (nSPS) is 16.3. The maximum atomic E-state index is 13.0. The van der Waals surface area contributed by atoms with Gasteiger partial charge in [-0.1, -0.05) is 24.3 Å². The zero-order chi connectivity index (χ0) is 20.2. The molecule has 1 aliphatic carbocycles. The van der Waals surface area contributed by atoms with Crippen molar-refractivity contribution in [3.05, 3.63) is 58.2 Å². The van der Waals surface area contributed by atoms with Gasteiger partial charge in [0.2, 0.25) is 0 Å². The summed E-state index contributed by atoms with van der Waals surface area (Å²) < 4.78 is 44.2. The minimum Gasteiger partial charge on any atom is -0.378 e. The number of aliphatic hydroxyl groups is 1. The Morgan fingerprint density at radius 3 is 2.52 bits per heavy atom. The van der Waals surface area contributed by atoms with Crippen molar-refractivity contribution in [1.82, 2.24) is 0 Å². The van der Waals surface area contributed by atoms with Crippen LogP contribution in [0.5, 0.6) is 0 Å². The molecule has 0 aromatic heterocycles. The quantitative estimate of drug-likeness (QED) is 0.554. The number of allylic oxidation sites excluding steroid dienone is 2. The van der Waals surface area contributed by atoms with E-state index in [2.05, 4.69) is 5.32 Å². The van der Waals surface area contributed by atoms with Crippen LogP contribution < -0.4 is 5.32 Å². The highest BCUT2D eigenvalue weighted by Gasteiger charge is 2.39. The van der Waals surface area contributed by atoms with Crippen molar-refractivity contribution < 1.29 is 32.7 Å². The van der Waals surface area contributed by atoms with E-state index in [0.717, 1.165) is 13.0 Å². The Hall–Kier alpha value is -2.72. The van der Waals surface area contributed by atoms with E-state index in [-0.39, 0.29) is 24.8 Å². The number of benzene rings is 1. The zero-order valence-corrected chi connectivity index (χ0v) is 14.2. The van der Waals surface area contributed by atoms with E-state index >= 15 is 0 Å². The van der Waals surface area contributed by atoms with Crippen molar-refractivity contribution in [2.45, 2.75) is 18.7 Å². The van der Waals surface area contributed by atoms with Gasteiger partial charge in [0.1, 0.15) is 5.56 Å². The number of nitrogens with zero attached hydrogens (tertiary/aromatic N) is 1. The van der Waals surface area contributed by atoms with E-state index < -0.39 is 33.9 Å². The lowest BCUT2D eigenvalue weighted by atomic mass is 10.1. The van der Waals surface area contributed by atoms with Crippen LogP contribution in [0.25, 0.3) is 0 Å². The van der Waals surface area contributed by atoms with E-state index in [1.807, 2.05) is 24.3 Å². The molecule has 27 heavy (non-hydrogen) atoms. The van der Waals surface area contributed by atoms with E-state index in [1.165, 1.54) is 0 Å². The summed E-state index contributed by atoms with van der Waals surface area (Å²) in [5.74, 6) is -0.977. The average molecular weight is 386 g/mol. The number of nitro benzene ring substituents is 1. The molecule has 2 N–H and O–H groups in total.